The van der Waals surface area contributed by atoms with Crippen LogP contribution in [0.2, 0.25) is 0 Å². The molecule has 5 rings (SSSR count). The average Bonchev–Trinajstić information content (AvgIpc) is 3.51. The lowest BCUT2D eigenvalue weighted by molar-refractivity contribution is 0.0900. The van der Waals surface area contributed by atoms with Gasteiger partial charge in [0.1, 0.15) is 23.3 Å². The van der Waals surface area contributed by atoms with Gasteiger partial charge >= 0.3 is 0 Å². The minimum absolute atomic E-state index is 0.123. The van der Waals surface area contributed by atoms with Gasteiger partial charge in [-0.2, -0.15) is 0 Å². The molecule has 1 saturated heterocycles. The van der Waals surface area contributed by atoms with Crippen LogP contribution in [0.25, 0.3) is 22.3 Å². The summed E-state index contributed by atoms with van der Waals surface area (Å²) in [6.07, 6.45) is 7.23. The first kappa shape index (κ1) is 24.4. The fourth-order valence-corrected chi connectivity index (χ4v) is 5.05. The van der Waals surface area contributed by atoms with Gasteiger partial charge in [-0.15, -0.1) is 0 Å². The first-order valence-corrected chi connectivity index (χ1v) is 13.0. The van der Waals surface area contributed by atoms with E-state index in [0.29, 0.717) is 57.6 Å². The van der Waals surface area contributed by atoms with Crippen molar-refractivity contribution in [2.75, 3.05) is 33.0 Å². The molecule has 192 valence electrons. The van der Waals surface area contributed by atoms with Crippen LogP contribution in [0.3, 0.4) is 0 Å². The van der Waals surface area contributed by atoms with Crippen molar-refractivity contribution in [3.8, 4) is 28.5 Å². The number of piperidine rings is 1. The first-order valence-electron chi connectivity index (χ1n) is 13.0. The van der Waals surface area contributed by atoms with E-state index >= 15 is 0 Å². The molecule has 9 nitrogen and oxygen atoms in total. The average molecular weight is 494 g/mol. The number of unbranched alkanes of at least 4 members (excludes halogenated alkanes) is 1. The van der Waals surface area contributed by atoms with Crippen molar-refractivity contribution in [1.29, 1.82) is 0 Å². The lowest BCUT2D eigenvalue weighted by atomic mass is 10.0. The van der Waals surface area contributed by atoms with Gasteiger partial charge in [-0.25, -0.2) is 9.97 Å². The molecule has 1 aromatic carbocycles. The van der Waals surface area contributed by atoms with E-state index in [-0.39, 0.29) is 18.7 Å². The van der Waals surface area contributed by atoms with Gasteiger partial charge in [-0.1, -0.05) is 27.2 Å². The number of rotatable bonds is 9. The second-order valence-electron chi connectivity index (χ2n) is 9.99. The molecule has 3 aromatic rings. The standard InChI is InChI=1S/C27H35N5O4/c1-4-5-11-34-20-8-9-21-26(36-16-35-21)22(20)24-25-23(29-15-30-24)19(12-28-25)27(33)31-18-7-6-10-32(14-18)13-17(2)3/h8-9,12,15,17-18,28H,4-7,10-11,13-14,16H2,1-3H3,(H,31,33). The van der Waals surface area contributed by atoms with E-state index in [2.05, 4.69) is 45.9 Å². The number of H-pyrrole nitrogens is 1. The van der Waals surface area contributed by atoms with Crippen molar-refractivity contribution in [1.82, 2.24) is 25.2 Å². The molecule has 0 saturated carbocycles. The smallest absolute Gasteiger partial charge is 0.255 e. The third-order valence-corrected chi connectivity index (χ3v) is 6.67. The highest BCUT2D eigenvalue weighted by molar-refractivity contribution is 6.08. The predicted octanol–water partition coefficient (Wildman–Crippen LogP) is 4.38. The number of fused-ring (bicyclic) bond motifs is 2. The number of hydrogen-bond acceptors (Lipinski definition) is 7. The number of ether oxygens (including phenoxy) is 3. The summed E-state index contributed by atoms with van der Waals surface area (Å²) in [7, 11) is 0. The molecule has 1 atom stereocenters. The van der Waals surface area contributed by atoms with Crippen molar-refractivity contribution < 1.29 is 19.0 Å². The Hall–Kier alpha value is -3.33. The summed E-state index contributed by atoms with van der Waals surface area (Å²) in [5, 5.41) is 3.23. The zero-order valence-electron chi connectivity index (χ0n) is 21.3. The van der Waals surface area contributed by atoms with Crippen molar-refractivity contribution in [2.45, 2.75) is 52.5 Å². The van der Waals surface area contributed by atoms with Crippen LogP contribution in [0.1, 0.15) is 56.8 Å². The normalized spacial score (nSPS) is 17.6. The van der Waals surface area contributed by atoms with Crippen molar-refractivity contribution in [3.63, 3.8) is 0 Å². The first-order chi connectivity index (χ1) is 17.5. The van der Waals surface area contributed by atoms with Crippen LogP contribution in [-0.2, 0) is 0 Å². The summed E-state index contributed by atoms with van der Waals surface area (Å²) >= 11 is 0. The molecular formula is C27H35N5O4. The molecule has 1 unspecified atom stereocenters. The Balaban J connectivity index is 1.44. The Morgan fingerprint density at radius 2 is 2.19 bits per heavy atom. The lowest BCUT2D eigenvalue weighted by Gasteiger charge is -2.34. The van der Waals surface area contributed by atoms with Gasteiger partial charge in [0.05, 0.1) is 23.3 Å². The number of amides is 1. The molecule has 2 N–H and O–H groups in total. The fourth-order valence-electron chi connectivity index (χ4n) is 5.05. The summed E-state index contributed by atoms with van der Waals surface area (Å²) in [5.74, 6) is 2.39. The van der Waals surface area contributed by atoms with Gasteiger partial charge in [-0.3, -0.25) is 4.79 Å². The number of nitrogens with zero attached hydrogens (tertiary/aromatic N) is 3. The zero-order chi connectivity index (χ0) is 25.1. The molecule has 2 aromatic heterocycles. The number of nitrogens with one attached hydrogen (secondary N) is 2. The Bertz CT molecular complexity index is 1220. The zero-order valence-corrected chi connectivity index (χ0v) is 21.3. The van der Waals surface area contributed by atoms with Crippen LogP contribution >= 0.6 is 0 Å². The maximum absolute atomic E-state index is 13.3. The highest BCUT2D eigenvalue weighted by Gasteiger charge is 2.28. The highest BCUT2D eigenvalue weighted by Crippen LogP contribution is 2.47. The van der Waals surface area contributed by atoms with E-state index in [9.17, 15) is 4.79 Å². The fraction of sp³-hybridized carbons (Fsp3) is 0.519. The van der Waals surface area contributed by atoms with Crippen LogP contribution in [0, 0.1) is 5.92 Å². The molecule has 1 amide bonds. The third kappa shape index (κ3) is 4.97. The second kappa shape index (κ2) is 10.7. The minimum atomic E-state index is -0.125. The Morgan fingerprint density at radius 3 is 3.03 bits per heavy atom. The van der Waals surface area contributed by atoms with Gasteiger partial charge < -0.3 is 29.4 Å². The maximum Gasteiger partial charge on any atom is 0.255 e. The van der Waals surface area contributed by atoms with E-state index in [1.807, 2.05) is 12.1 Å². The number of carbonyl (C=O) groups is 1. The van der Waals surface area contributed by atoms with Crippen LogP contribution < -0.4 is 19.5 Å². The van der Waals surface area contributed by atoms with Crippen LogP contribution in [-0.4, -0.2) is 64.8 Å². The van der Waals surface area contributed by atoms with Gasteiger partial charge in [0.2, 0.25) is 6.79 Å². The van der Waals surface area contributed by atoms with Crippen LogP contribution in [0.15, 0.2) is 24.7 Å². The van der Waals surface area contributed by atoms with Gasteiger partial charge in [0, 0.05) is 25.3 Å². The van der Waals surface area contributed by atoms with Crippen molar-refractivity contribution in [2.24, 2.45) is 5.92 Å². The maximum atomic E-state index is 13.3. The molecule has 36 heavy (non-hydrogen) atoms. The lowest BCUT2D eigenvalue weighted by Crippen LogP contribution is -2.48. The van der Waals surface area contributed by atoms with Gasteiger partial charge in [0.15, 0.2) is 11.5 Å². The molecule has 9 heteroatoms. The molecule has 1 fully saturated rings. The number of benzene rings is 1. The summed E-state index contributed by atoms with van der Waals surface area (Å²) in [6.45, 7) is 10.3. The predicted molar refractivity (Wildman–Crippen MR) is 138 cm³/mol. The second-order valence-corrected chi connectivity index (χ2v) is 9.99. The summed E-state index contributed by atoms with van der Waals surface area (Å²) in [5.41, 5.74) is 3.07. The monoisotopic (exact) mass is 493 g/mol. The van der Waals surface area contributed by atoms with E-state index in [0.717, 1.165) is 45.3 Å². The third-order valence-electron chi connectivity index (χ3n) is 6.67. The van der Waals surface area contributed by atoms with E-state index < -0.39 is 0 Å². The number of aromatic nitrogens is 3. The summed E-state index contributed by atoms with van der Waals surface area (Å²) in [4.78, 5) is 28.0. The summed E-state index contributed by atoms with van der Waals surface area (Å²) < 4.78 is 17.5. The van der Waals surface area contributed by atoms with Crippen molar-refractivity contribution in [3.05, 3.63) is 30.2 Å². The highest BCUT2D eigenvalue weighted by atomic mass is 16.7. The summed E-state index contributed by atoms with van der Waals surface area (Å²) in [6, 6.07) is 3.86. The number of hydrogen-bond donors (Lipinski definition) is 2. The SMILES string of the molecule is CCCCOc1ccc2c(c1-c1ncnc3c(C(=O)NC4CCCN(CC(C)C)C4)c[nH]c13)OCO2. The molecule has 2 aliphatic rings. The van der Waals surface area contributed by atoms with Crippen LogP contribution in [0.5, 0.6) is 17.2 Å². The molecule has 0 spiro atoms. The number of likely N-dealkylation sites (tertiary alicyclic amines) is 1. The molecular weight excluding hydrogens is 458 g/mol. The number of aromatic amines is 1. The Labute approximate surface area is 211 Å². The van der Waals surface area contributed by atoms with E-state index in [1.54, 1.807) is 6.20 Å². The van der Waals surface area contributed by atoms with Crippen molar-refractivity contribution >= 4 is 16.9 Å². The molecule has 0 radical (unpaired) electrons. The largest absolute Gasteiger partial charge is 0.493 e. The molecule has 2 aliphatic heterocycles. The molecule has 0 bridgehead atoms. The quantitative estimate of drug-likeness (QED) is 0.427. The van der Waals surface area contributed by atoms with Gasteiger partial charge in [-0.05, 0) is 43.9 Å². The Kier molecular flexibility index (Phi) is 7.27. The van der Waals surface area contributed by atoms with Crippen LogP contribution in [0.4, 0.5) is 0 Å². The molecule has 0 aliphatic carbocycles. The number of carbonyl (C=O) groups excluding carboxylic acids is 1. The topological polar surface area (TPSA) is 102 Å². The minimum Gasteiger partial charge on any atom is -0.493 e. The Morgan fingerprint density at radius 1 is 1.31 bits per heavy atom. The van der Waals surface area contributed by atoms with E-state index in [4.69, 9.17) is 14.2 Å². The van der Waals surface area contributed by atoms with E-state index in [1.165, 1.54) is 6.33 Å². The van der Waals surface area contributed by atoms with Gasteiger partial charge in [0.25, 0.3) is 5.91 Å². The molecule has 4 heterocycles.